The third-order valence-corrected chi connectivity index (χ3v) is 5.21. The molecule has 2 heterocycles. The van der Waals surface area contributed by atoms with Crippen molar-refractivity contribution in [3.8, 4) is 0 Å². The number of aliphatic hydroxyl groups is 3. The van der Waals surface area contributed by atoms with Crippen LogP contribution in [0.25, 0.3) is 0 Å². The Morgan fingerprint density at radius 3 is 2.50 bits per heavy atom. The summed E-state index contributed by atoms with van der Waals surface area (Å²) in [5, 5.41) is 33.1. The maximum atomic E-state index is 12.2. The van der Waals surface area contributed by atoms with Crippen molar-refractivity contribution in [3.63, 3.8) is 0 Å². The van der Waals surface area contributed by atoms with Crippen LogP contribution in [0.2, 0.25) is 0 Å². The minimum atomic E-state index is -3.81. The highest BCUT2D eigenvalue weighted by Crippen LogP contribution is 2.21. The standard InChI is InChI=1S/C12H21N3O6S/c1-6-9(5-15(3)14-6)22(19,20)13-4-8-11(17)12(18)10(16)7(2)21-8/h5,7-8,10-13,16-18H,4H2,1-3H3/t7-,8+,10+,11+,12+/m0/s1. The Balaban J connectivity index is 2.07. The Morgan fingerprint density at radius 1 is 1.32 bits per heavy atom. The Kier molecular flexibility index (Phi) is 4.90. The topological polar surface area (TPSA) is 134 Å². The van der Waals surface area contributed by atoms with Crippen molar-refractivity contribution in [2.75, 3.05) is 6.54 Å². The lowest BCUT2D eigenvalue weighted by molar-refractivity contribution is -0.214. The van der Waals surface area contributed by atoms with E-state index in [1.807, 2.05) is 0 Å². The number of aryl methyl sites for hydroxylation is 2. The number of nitrogens with one attached hydrogen (secondary N) is 1. The summed E-state index contributed by atoms with van der Waals surface area (Å²) in [5.41, 5.74) is 0.351. The van der Waals surface area contributed by atoms with Crippen LogP contribution in [0.3, 0.4) is 0 Å². The van der Waals surface area contributed by atoms with E-state index in [2.05, 4.69) is 9.82 Å². The molecule has 1 fully saturated rings. The second-order valence-corrected chi connectivity index (χ2v) is 7.19. The zero-order valence-electron chi connectivity index (χ0n) is 12.5. The van der Waals surface area contributed by atoms with Crippen LogP contribution in [-0.4, -0.2) is 70.6 Å². The first kappa shape index (κ1) is 17.3. The van der Waals surface area contributed by atoms with Gasteiger partial charge in [-0.15, -0.1) is 0 Å². The molecule has 4 N–H and O–H groups in total. The average Bonchev–Trinajstić information content (AvgIpc) is 2.79. The highest BCUT2D eigenvalue weighted by molar-refractivity contribution is 7.89. The maximum Gasteiger partial charge on any atom is 0.244 e. The average molecular weight is 335 g/mol. The van der Waals surface area contributed by atoms with Gasteiger partial charge in [0.1, 0.15) is 29.3 Å². The van der Waals surface area contributed by atoms with Crippen molar-refractivity contribution in [2.45, 2.75) is 49.3 Å². The number of aliphatic hydroxyl groups excluding tert-OH is 3. The quantitative estimate of drug-likeness (QED) is 0.494. The third-order valence-electron chi connectivity index (χ3n) is 3.68. The highest BCUT2D eigenvalue weighted by Gasteiger charge is 2.42. The van der Waals surface area contributed by atoms with Gasteiger partial charge < -0.3 is 20.1 Å². The summed E-state index contributed by atoms with van der Waals surface area (Å²) in [6, 6.07) is 0. The zero-order chi connectivity index (χ0) is 16.7. The van der Waals surface area contributed by atoms with Gasteiger partial charge in [0.2, 0.25) is 10.0 Å². The molecule has 0 aromatic carbocycles. The van der Waals surface area contributed by atoms with E-state index >= 15 is 0 Å². The smallest absolute Gasteiger partial charge is 0.244 e. The summed E-state index contributed by atoms with van der Waals surface area (Å²) in [7, 11) is -2.20. The number of hydrogen-bond donors (Lipinski definition) is 4. The van der Waals surface area contributed by atoms with E-state index in [1.54, 1.807) is 14.0 Å². The predicted molar refractivity (Wildman–Crippen MR) is 75.5 cm³/mol. The van der Waals surface area contributed by atoms with Gasteiger partial charge in [-0.1, -0.05) is 0 Å². The molecule has 0 aliphatic carbocycles. The monoisotopic (exact) mass is 335 g/mol. The lowest BCUT2D eigenvalue weighted by Crippen LogP contribution is -2.59. The van der Waals surface area contributed by atoms with Crippen molar-refractivity contribution in [1.29, 1.82) is 0 Å². The summed E-state index contributed by atoms with van der Waals surface area (Å²) in [6.45, 7) is 2.88. The van der Waals surface area contributed by atoms with Crippen LogP contribution in [0, 0.1) is 6.92 Å². The van der Waals surface area contributed by atoms with E-state index in [4.69, 9.17) is 4.74 Å². The first-order chi connectivity index (χ1) is 10.1. The number of aromatic nitrogens is 2. The predicted octanol–water partition coefficient (Wildman–Crippen LogP) is -2.12. The summed E-state index contributed by atoms with van der Waals surface area (Å²) in [5.74, 6) is 0. The molecule has 1 aromatic heterocycles. The first-order valence-electron chi connectivity index (χ1n) is 6.83. The van der Waals surface area contributed by atoms with E-state index in [0.29, 0.717) is 5.69 Å². The van der Waals surface area contributed by atoms with Crippen LogP contribution in [0.1, 0.15) is 12.6 Å². The first-order valence-corrected chi connectivity index (χ1v) is 8.31. The van der Waals surface area contributed by atoms with E-state index in [9.17, 15) is 23.7 Å². The largest absolute Gasteiger partial charge is 0.388 e. The summed E-state index contributed by atoms with van der Waals surface area (Å²) in [4.78, 5) is 0.0360. The molecule has 10 heteroatoms. The fourth-order valence-corrected chi connectivity index (χ4v) is 3.68. The summed E-state index contributed by atoms with van der Waals surface area (Å²) in [6.07, 6.45) is -4.30. The fourth-order valence-electron chi connectivity index (χ4n) is 2.42. The molecule has 126 valence electrons. The van der Waals surface area contributed by atoms with E-state index in [1.165, 1.54) is 17.8 Å². The van der Waals surface area contributed by atoms with Crippen LogP contribution >= 0.6 is 0 Å². The molecule has 0 amide bonds. The van der Waals surface area contributed by atoms with Gasteiger partial charge in [-0.2, -0.15) is 5.10 Å². The summed E-state index contributed by atoms with van der Waals surface area (Å²) >= 11 is 0. The van der Waals surface area contributed by atoms with Crippen LogP contribution in [-0.2, 0) is 21.8 Å². The Labute approximate surface area is 128 Å². The Morgan fingerprint density at radius 2 is 1.95 bits per heavy atom. The zero-order valence-corrected chi connectivity index (χ0v) is 13.4. The second-order valence-electron chi connectivity index (χ2n) is 5.46. The number of nitrogens with zero attached hydrogens (tertiary/aromatic N) is 2. The molecule has 1 aliphatic rings. The molecule has 0 saturated carbocycles. The van der Waals surface area contributed by atoms with Crippen molar-refractivity contribution < 1.29 is 28.5 Å². The Hall–Kier alpha value is -1.04. The van der Waals surface area contributed by atoms with Crippen LogP contribution in [0.4, 0.5) is 0 Å². The van der Waals surface area contributed by atoms with Gasteiger partial charge in [-0.3, -0.25) is 4.68 Å². The lowest BCUT2D eigenvalue weighted by Gasteiger charge is -2.39. The van der Waals surface area contributed by atoms with Gasteiger partial charge in [-0.25, -0.2) is 13.1 Å². The molecule has 22 heavy (non-hydrogen) atoms. The number of sulfonamides is 1. The van der Waals surface area contributed by atoms with Crippen LogP contribution in [0.5, 0.6) is 0 Å². The van der Waals surface area contributed by atoms with Crippen LogP contribution in [0.15, 0.2) is 11.1 Å². The van der Waals surface area contributed by atoms with Crippen LogP contribution < -0.4 is 4.72 Å². The van der Waals surface area contributed by atoms with Gasteiger partial charge in [0.05, 0.1) is 11.8 Å². The molecular formula is C12H21N3O6S. The number of rotatable bonds is 4. The van der Waals surface area contributed by atoms with Crippen molar-refractivity contribution in [2.24, 2.45) is 7.05 Å². The molecule has 1 aliphatic heterocycles. The van der Waals surface area contributed by atoms with Gasteiger partial charge >= 0.3 is 0 Å². The van der Waals surface area contributed by atoms with Crippen molar-refractivity contribution in [3.05, 3.63) is 11.9 Å². The molecule has 9 nitrogen and oxygen atoms in total. The van der Waals surface area contributed by atoms with Gasteiger partial charge in [0, 0.05) is 19.8 Å². The van der Waals surface area contributed by atoms with Gasteiger partial charge in [0.25, 0.3) is 0 Å². The number of hydrogen-bond acceptors (Lipinski definition) is 7. The molecule has 1 saturated heterocycles. The fraction of sp³-hybridized carbons (Fsp3) is 0.750. The Bertz CT molecular complexity index is 631. The minimum absolute atomic E-state index is 0.0360. The van der Waals surface area contributed by atoms with E-state index in [-0.39, 0.29) is 11.4 Å². The molecule has 1 aromatic rings. The van der Waals surface area contributed by atoms with Crippen molar-refractivity contribution >= 4 is 10.0 Å². The molecule has 0 radical (unpaired) electrons. The highest BCUT2D eigenvalue weighted by atomic mass is 32.2. The number of ether oxygens (including phenoxy) is 1. The molecule has 0 unspecified atom stereocenters. The normalized spacial score (nSPS) is 33.1. The SMILES string of the molecule is Cc1nn(C)cc1S(=O)(=O)NC[C@H]1O[C@@H](C)[C@@H](O)[C@@H](O)[C@@H]1O. The van der Waals surface area contributed by atoms with E-state index < -0.39 is 40.5 Å². The van der Waals surface area contributed by atoms with Crippen molar-refractivity contribution in [1.82, 2.24) is 14.5 Å². The molecule has 2 rings (SSSR count). The maximum absolute atomic E-state index is 12.2. The molecule has 0 spiro atoms. The van der Waals surface area contributed by atoms with Gasteiger partial charge in [0.15, 0.2) is 0 Å². The molecule has 5 atom stereocenters. The van der Waals surface area contributed by atoms with Gasteiger partial charge in [-0.05, 0) is 13.8 Å². The molecule has 0 bridgehead atoms. The minimum Gasteiger partial charge on any atom is -0.388 e. The lowest BCUT2D eigenvalue weighted by atomic mass is 9.96. The third kappa shape index (κ3) is 3.31. The van der Waals surface area contributed by atoms with E-state index in [0.717, 1.165) is 0 Å². The second kappa shape index (κ2) is 6.22. The summed E-state index contributed by atoms with van der Waals surface area (Å²) < 4.78 is 33.5. The molecular weight excluding hydrogens is 314 g/mol.